The Morgan fingerprint density at radius 2 is 1.81 bits per heavy atom. The Bertz CT molecular complexity index is 752. The molecule has 0 aliphatic carbocycles. The second kappa shape index (κ2) is 6.69. The topological polar surface area (TPSA) is 68.2 Å². The molecular formula is C15H18N2O3S. The Hall–Kier alpha value is -1.92. The predicted octanol–water partition coefficient (Wildman–Crippen LogP) is 1.05. The monoisotopic (exact) mass is 306 g/mol. The van der Waals surface area contributed by atoms with Crippen molar-refractivity contribution in [2.24, 2.45) is 7.05 Å². The highest BCUT2D eigenvalue weighted by Crippen LogP contribution is 2.02. The van der Waals surface area contributed by atoms with Crippen molar-refractivity contribution in [3.8, 4) is 0 Å². The smallest absolute Gasteiger partial charge is 0.254 e. The Labute approximate surface area is 124 Å². The molecule has 112 valence electrons. The van der Waals surface area contributed by atoms with Gasteiger partial charge in [0.05, 0.1) is 5.75 Å². The van der Waals surface area contributed by atoms with E-state index in [-0.39, 0.29) is 17.9 Å². The molecule has 1 aromatic carbocycles. The van der Waals surface area contributed by atoms with E-state index in [0.717, 1.165) is 5.56 Å². The van der Waals surface area contributed by atoms with E-state index in [1.807, 2.05) is 30.3 Å². The van der Waals surface area contributed by atoms with Gasteiger partial charge in [-0.2, -0.15) is 0 Å². The molecular weight excluding hydrogens is 288 g/mol. The molecule has 0 bridgehead atoms. The molecule has 21 heavy (non-hydrogen) atoms. The first kappa shape index (κ1) is 15.5. The van der Waals surface area contributed by atoms with Gasteiger partial charge in [-0.05, 0) is 18.1 Å². The molecule has 0 radical (unpaired) electrons. The van der Waals surface area contributed by atoms with E-state index in [2.05, 4.69) is 4.72 Å². The van der Waals surface area contributed by atoms with Crippen molar-refractivity contribution in [2.45, 2.75) is 13.0 Å². The molecule has 0 spiro atoms. The number of nitrogens with zero attached hydrogens (tertiary/aromatic N) is 1. The van der Waals surface area contributed by atoms with Gasteiger partial charge in [-0.25, -0.2) is 13.1 Å². The van der Waals surface area contributed by atoms with Crippen molar-refractivity contribution in [3.05, 3.63) is 70.1 Å². The van der Waals surface area contributed by atoms with E-state index in [4.69, 9.17) is 0 Å². The molecule has 0 saturated heterocycles. The second-order valence-electron chi connectivity index (χ2n) is 4.83. The van der Waals surface area contributed by atoms with Crippen LogP contribution in [-0.2, 0) is 30.0 Å². The fourth-order valence-electron chi connectivity index (χ4n) is 1.95. The van der Waals surface area contributed by atoms with Crippen molar-refractivity contribution in [3.63, 3.8) is 0 Å². The number of benzene rings is 1. The maximum absolute atomic E-state index is 12.0. The molecule has 1 N–H and O–H groups in total. The van der Waals surface area contributed by atoms with Gasteiger partial charge >= 0.3 is 0 Å². The van der Waals surface area contributed by atoms with Crippen molar-refractivity contribution in [2.75, 3.05) is 5.75 Å². The summed E-state index contributed by atoms with van der Waals surface area (Å²) in [5.41, 5.74) is 1.21. The quantitative estimate of drug-likeness (QED) is 0.867. The van der Waals surface area contributed by atoms with Crippen molar-refractivity contribution < 1.29 is 8.42 Å². The zero-order chi connectivity index (χ0) is 15.3. The maximum atomic E-state index is 12.0. The lowest BCUT2D eigenvalue weighted by molar-refractivity contribution is 0.580. The third kappa shape index (κ3) is 4.54. The van der Waals surface area contributed by atoms with Gasteiger partial charge in [0.25, 0.3) is 5.56 Å². The summed E-state index contributed by atoms with van der Waals surface area (Å²) in [7, 11) is -1.77. The summed E-state index contributed by atoms with van der Waals surface area (Å²) in [5.74, 6) is 0.00413. The molecule has 0 amide bonds. The van der Waals surface area contributed by atoms with E-state index >= 15 is 0 Å². The highest BCUT2D eigenvalue weighted by molar-refractivity contribution is 7.89. The molecule has 6 heteroatoms. The largest absolute Gasteiger partial charge is 0.318 e. The first-order valence-electron chi connectivity index (χ1n) is 6.64. The number of aromatic nitrogens is 1. The van der Waals surface area contributed by atoms with Crippen LogP contribution in [-0.4, -0.2) is 18.7 Å². The highest BCUT2D eigenvalue weighted by Gasteiger charge is 2.11. The van der Waals surface area contributed by atoms with Crippen molar-refractivity contribution in [1.29, 1.82) is 0 Å². The average molecular weight is 306 g/mol. The minimum Gasteiger partial charge on any atom is -0.318 e. The van der Waals surface area contributed by atoms with Crippen LogP contribution in [0, 0.1) is 0 Å². The number of sulfonamides is 1. The van der Waals surface area contributed by atoms with Crippen LogP contribution in [0.2, 0.25) is 0 Å². The Kier molecular flexibility index (Phi) is 4.93. The van der Waals surface area contributed by atoms with Crippen LogP contribution < -0.4 is 10.3 Å². The molecule has 1 heterocycles. The summed E-state index contributed by atoms with van der Waals surface area (Å²) in [6.45, 7) is 0.0185. The molecule has 0 aliphatic heterocycles. The van der Waals surface area contributed by atoms with Crippen molar-refractivity contribution in [1.82, 2.24) is 9.29 Å². The number of nitrogens with one attached hydrogen (secondary N) is 1. The SMILES string of the molecule is Cn1cccc(CNS(=O)(=O)CCc2ccccc2)c1=O. The third-order valence-corrected chi connectivity index (χ3v) is 4.51. The predicted molar refractivity (Wildman–Crippen MR) is 82.5 cm³/mol. The van der Waals surface area contributed by atoms with Gasteiger partial charge in [-0.15, -0.1) is 0 Å². The third-order valence-electron chi connectivity index (χ3n) is 3.19. The Balaban J connectivity index is 1.95. The summed E-state index contributed by atoms with van der Waals surface area (Å²) in [6, 6.07) is 12.8. The number of pyridine rings is 1. The number of hydrogen-bond donors (Lipinski definition) is 1. The van der Waals surface area contributed by atoms with Gasteiger partial charge in [0.1, 0.15) is 0 Å². The first-order chi connectivity index (χ1) is 9.98. The van der Waals surface area contributed by atoms with E-state index in [0.29, 0.717) is 12.0 Å². The maximum Gasteiger partial charge on any atom is 0.254 e. The van der Waals surface area contributed by atoms with Crippen LogP contribution >= 0.6 is 0 Å². The van der Waals surface area contributed by atoms with Gasteiger partial charge in [0, 0.05) is 25.4 Å². The molecule has 0 saturated carbocycles. The standard InChI is InChI=1S/C15H18N2O3S/c1-17-10-5-8-14(15(17)18)12-16-21(19,20)11-9-13-6-3-2-4-7-13/h2-8,10,16H,9,11-12H2,1H3. The van der Waals surface area contributed by atoms with Crippen LogP contribution in [0.15, 0.2) is 53.5 Å². The normalized spacial score (nSPS) is 11.5. The average Bonchev–Trinajstić information content (AvgIpc) is 2.48. The van der Waals surface area contributed by atoms with Gasteiger partial charge in [0.15, 0.2) is 0 Å². The van der Waals surface area contributed by atoms with Crippen LogP contribution in [0.5, 0.6) is 0 Å². The van der Waals surface area contributed by atoms with E-state index in [9.17, 15) is 13.2 Å². The van der Waals surface area contributed by atoms with Gasteiger partial charge in [0.2, 0.25) is 10.0 Å². The molecule has 2 rings (SSSR count). The number of rotatable bonds is 6. The summed E-state index contributed by atoms with van der Waals surface area (Å²) < 4.78 is 27.8. The lowest BCUT2D eigenvalue weighted by Gasteiger charge is -2.07. The van der Waals surface area contributed by atoms with Gasteiger partial charge in [-0.1, -0.05) is 36.4 Å². The van der Waals surface area contributed by atoms with Crippen LogP contribution in [0.25, 0.3) is 0 Å². The Morgan fingerprint density at radius 1 is 1.10 bits per heavy atom. The summed E-state index contributed by atoms with van der Waals surface area (Å²) in [4.78, 5) is 11.8. The van der Waals surface area contributed by atoms with E-state index < -0.39 is 10.0 Å². The van der Waals surface area contributed by atoms with Gasteiger partial charge in [-0.3, -0.25) is 4.79 Å². The number of hydrogen-bond acceptors (Lipinski definition) is 3. The lowest BCUT2D eigenvalue weighted by Crippen LogP contribution is -2.30. The second-order valence-corrected chi connectivity index (χ2v) is 6.75. The molecule has 0 unspecified atom stereocenters. The van der Waals surface area contributed by atoms with Crippen molar-refractivity contribution >= 4 is 10.0 Å². The van der Waals surface area contributed by atoms with Crippen LogP contribution in [0.4, 0.5) is 0 Å². The number of aryl methyl sites for hydroxylation is 2. The fraction of sp³-hybridized carbons (Fsp3) is 0.267. The zero-order valence-electron chi connectivity index (χ0n) is 11.8. The minimum absolute atomic E-state index is 0.00413. The van der Waals surface area contributed by atoms with Gasteiger partial charge < -0.3 is 4.57 Å². The van der Waals surface area contributed by atoms with E-state index in [1.54, 1.807) is 25.4 Å². The van der Waals surface area contributed by atoms with Crippen LogP contribution in [0.3, 0.4) is 0 Å². The minimum atomic E-state index is -3.41. The van der Waals surface area contributed by atoms with E-state index in [1.165, 1.54) is 4.57 Å². The lowest BCUT2D eigenvalue weighted by atomic mass is 10.2. The summed E-state index contributed by atoms with van der Waals surface area (Å²) in [6.07, 6.45) is 2.08. The molecule has 5 nitrogen and oxygen atoms in total. The molecule has 2 aromatic rings. The summed E-state index contributed by atoms with van der Waals surface area (Å²) in [5, 5.41) is 0. The zero-order valence-corrected chi connectivity index (χ0v) is 12.6. The Morgan fingerprint density at radius 3 is 2.52 bits per heavy atom. The first-order valence-corrected chi connectivity index (χ1v) is 8.29. The fourth-order valence-corrected chi connectivity index (χ4v) is 2.97. The molecule has 0 fully saturated rings. The molecule has 0 atom stereocenters. The summed E-state index contributed by atoms with van der Waals surface area (Å²) >= 11 is 0. The molecule has 1 aromatic heterocycles. The van der Waals surface area contributed by atoms with Crippen LogP contribution in [0.1, 0.15) is 11.1 Å². The molecule has 0 aliphatic rings. The highest BCUT2D eigenvalue weighted by atomic mass is 32.2.